The third-order valence-electron chi connectivity index (χ3n) is 10.4. The van der Waals surface area contributed by atoms with Gasteiger partial charge in [-0.05, 0) is 112 Å². The fourth-order valence-electron chi connectivity index (χ4n) is 8.66. The van der Waals surface area contributed by atoms with Gasteiger partial charge in [-0.15, -0.1) is 0 Å². The van der Waals surface area contributed by atoms with Gasteiger partial charge < -0.3 is 14.9 Å². The molecule has 0 radical (unpaired) electrons. The van der Waals surface area contributed by atoms with Gasteiger partial charge in [-0.2, -0.15) is 0 Å². The molecular formula is C27H46O3. The molecule has 0 aromatic carbocycles. The number of aliphatic hydroxyl groups is 2. The second-order valence-electron chi connectivity index (χ2n) is 12.6. The number of fused-ring (bicyclic) bond motifs is 5. The van der Waals surface area contributed by atoms with Gasteiger partial charge in [-0.1, -0.05) is 32.4 Å². The highest BCUT2D eigenvalue weighted by Crippen LogP contribution is 2.67. The van der Waals surface area contributed by atoms with Crippen LogP contribution < -0.4 is 0 Å². The minimum absolute atomic E-state index is 0.0163. The summed E-state index contributed by atoms with van der Waals surface area (Å²) in [5.74, 6) is 3.84. The molecule has 30 heavy (non-hydrogen) atoms. The second kappa shape index (κ2) is 7.89. The topological polar surface area (TPSA) is 49.7 Å². The van der Waals surface area contributed by atoms with Gasteiger partial charge in [0.15, 0.2) is 0 Å². The highest BCUT2D eigenvalue weighted by molar-refractivity contribution is 5.26. The van der Waals surface area contributed by atoms with E-state index in [1.807, 2.05) is 13.8 Å². The van der Waals surface area contributed by atoms with Gasteiger partial charge in [0.25, 0.3) is 0 Å². The van der Waals surface area contributed by atoms with Crippen molar-refractivity contribution in [3.05, 3.63) is 11.6 Å². The van der Waals surface area contributed by atoms with Gasteiger partial charge in [0.05, 0.1) is 17.8 Å². The lowest BCUT2D eigenvalue weighted by molar-refractivity contribution is -0.0995. The number of allylic oxidation sites excluding steroid dienone is 1. The van der Waals surface area contributed by atoms with Crippen molar-refractivity contribution in [2.24, 2.45) is 40.4 Å². The monoisotopic (exact) mass is 418 g/mol. The van der Waals surface area contributed by atoms with Crippen LogP contribution in [-0.4, -0.2) is 35.1 Å². The molecule has 172 valence electrons. The molecule has 4 aliphatic carbocycles. The van der Waals surface area contributed by atoms with E-state index >= 15 is 0 Å². The largest absolute Gasteiger partial charge is 0.390 e. The van der Waals surface area contributed by atoms with E-state index in [4.69, 9.17) is 4.74 Å². The Hall–Kier alpha value is -0.380. The van der Waals surface area contributed by atoms with Crippen molar-refractivity contribution in [3.63, 3.8) is 0 Å². The van der Waals surface area contributed by atoms with Crippen molar-refractivity contribution in [1.29, 1.82) is 0 Å². The average molecular weight is 419 g/mol. The van der Waals surface area contributed by atoms with Gasteiger partial charge >= 0.3 is 0 Å². The summed E-state index contributed by atoms with van der Waals surface area (Å²) >= 11 is 0. The van der Waals surface area contributed by atoms with Crippen molar-refractivity contribution in [2.75, 3.05) is 7.11 Å². The third kappa shape index (κ3) is 3.71. The molecule has 9 atom stereocenters. The van der Waals surface area contributed by atoms with Crippen LogP contribution >= 0.6 is 0 Å². The zero-order valence-electron chi connectivity index (χ0n) is 20.3. The van der Waals surface area contributed by atoms with Crippen LogP contribution in [0, 0.1) is 40.4 Å². The molecule has 3 saturated carbocycles. The van der Waals surface area contributed by atoms with Crippen LogP contribution in [0.1, 0.15) is 92.4 Å². The lowest BCUT2D eigenvalue weighted by Gasteiger charge is -2.59. The van der Waals surface area contributed by atoms with Crippen LogP contribution in [0.2, 0.25) is 0 Å². The Bertz CT molecular complexity index is 664. The fraction of sp³-hybridized carbons (Fsp3) is 0.926. The molecule has 3 heteroatoms. The lowest BCUT2D eigenvalue weighted by Crippen LogP contribution is -2.53. The first-order chi connectivity index (χ1) is 14.0. The molecule has 0 spiro atoms. The van der Waals surface area contributed by atoms with E-state index in [0.717, 1.165) is 49.4 Å². The number of hydrogen-bond donors (Lipinski definition) is 2. The number of hydrogen-bond acceptors (Lipinski definition) is 3. The molecule has 4 rings (SSSR count). The van der Waals surface area contributed by atoms with Gasteiger partial charge in [0.1, 0.15) is 0 Å². The summed E-state index contributed by atoms with van der Waals surface area (Å²) in [5.41, 5.74) is 1.63. The summed E-state index contributed by atoms with van der Waals surface area (Å²) in [4.78, 5) is 0. The first kappa shape index (κ1) is 22.8. The van der Waals surface area contributed by atoms with Crippen LogP contribution in [0.5, 0.6) is 0 Å². The summed E-state index contributed by atoms with van der Waals surface area (Å²) in [7, 11) is 1.76. The molecule has 0 aromatic heterocycles. The van der Waals surface area contributed by atoms with Gasteiger partial charge in [-0.3, -0.25) is 0 Å². The molecule has 3 nitrogen and oxygen atoms in total. The van der Waals surface area contributed by atoms with Crippen LogP contribution in [0.25, 0.3) is 0 Å². The van der Waals surface area contributed by atoms with E-state index in [2.05, 4.69) is 26.8 Å². The van der Waals surface area contributed by atoms with Crippen molar-refractivity contribution in [1.82, 2.24) is 0 Å². The first-order valence-corrected chi connectivity index (χ1v) is 12.6. The second-order valence-corrected chi connectivity index (χ2v) is 12.6. The van der Waals surface area contributed by atoms with E-state index in [-0.39, 0.29) is 17.6 Å². The Morgan fingerprint density at radius 2 is 1.93 bits per heavy atom. The lowest BCUT2D eigenvalue weighted by atomic mass is 9.46. The van der Waals surface area contributed by atoms with Crippen molar-refractivity contribution >= 4 is 0 Å². The standard InChI is InChI=1S/C27H46O3/c1-17(11-13-25(2,3)29)20-9-10-21-19-8-7-18-15-23(28)24(30-6)16-27(18,5)22(19)12-14-26(20,21)4/h7,17,19-24,28-29H,8-16H2,1-6H3/t17-,19?,20?,21?,22?,23-,24?,26?,27?/m1/s1. The Balaban J connectivity index is 1.53. The molecule has 0 aliphatic heterocycles. The smallest absolute Gasteiger partial charge is 0.0841 e. The number of methoxy groups -OCH3 is 1. The Kier molecular flexibility index (Phi) is 5.99. The summed E-state index contributed by atoms with van der Waals surface area (Å²) in [5, 5.41) is 20.8. The van der Waals surface area contributed by atoms with Gasteiger partial charge in [0.2, 0.25) is 0 Å². The van der Waals surface area contributed by atoms with E-state index in [1.165, 1.54) is 37.7 Å². The van der Waals surface area contributed by atoms with Crippen LogP contribution in [0.15, 0.2) is 11.6 Å². The molecule has 0 bridgehead atoms. The highest BCUT2D eigenvalue weighted by Gasteiger charge is 2.59. The average Bonchev–Trinajstić information content (AvgIpc) is 3.03. The zero-order chi connectivity index (χ0) is 21.9. The first-order valence-electron chi connectivity index (χ1n) is 12.6. The van der Waals surface area contributed by atoms with Crippen LogP contribution in [0.4, 0.5) is 0 Å². The predicted molar refractivity (Wildman–Crippen MR) is 122 cm³/mol. The number of aliphatic hydroxyl groups excluding tert-OH is 1. The number of ether oxygens (including phenoxy) is 1. The summed E-state index contributed by atoms with van der Waals surface area (Å²) < 4.78 is 5.71. The summed E-state index contributed by atoms with van der Waals surface area (Å²) in [6.07, 6.45) is 12.6. The minimum atomic E-state index is -0.548. The molecule has 0 saturated heterocycles. The van der Waals surface area contributed by atoms with Crippen molar-refractivity contribution < 1.29 is 14.9 Å². The number of rotatable bonds is 5. The quantitative estimate of drug-likeness (QED) is 0.560. The van der Waals surface area contributed by atoms with E-state index in [9.17, 15) is 10.2 Å². The Labute approximate surface area is 184 Å². The highest BCUT2D eigenvalue weighted by atomic mass is 16.5. The maximum Gasteiger partial charge on any atom is 0.0841 e. The van der Waals surface area contributed by atoms with Gasteiger partial charge in [-0.25, -0.2) is 0 Å². The fourth-order valence-corrected chi connectivity index (χ4v) is 8.66. The maximum atomic E-state index is 10.5. The van der Waals surface area contributed by atoms with Gasteiger partial charge in [0, 0.05) is 7.11 Å². The Morgan fingerprint density at radius 1 is 1.20 bits per heavy atom. The van der Waals surface area contributed by atoms with E-state index in [0.29, 0.717) is 11.3 Å². The molecule has 7 unspecified atom stereocenters. The van der Waals surface area contributed by atoms with Crippen molar-refractivity contribution in [2.45, 2.75) is 110 Å². The van der Waals surface area contributed by atoms with Crippen molar-refractivity contribution in [3.8, 4) is 0 Å². The Morgan fingerprint density at radius 3 is 2.60 bits per heavy atom. The predicted octanol–water partition coefficient (Wildman–Crippen LogP) is 5.74. The summed E-state index contributed by atoms with van der Waals surface area (Å²) in [6, 6.07) is 0. The van der Waals surface area contributed by atoms with Crippen LogP contribution in [0.3, 0.4) is 0 Å². The van der Waals surface area contributed by atoms with E-state index < -0.39 is 5.60 Å². The maximum absolute atomic E-state index is 10.5. The molecule has 4 aliphatic rings. The molecule has 3 fully saturated rings. The normalized spacial score (nSPS) is 47.1. The molecule has 0 heterocycles. The molecule has 0 aromatic rings. The SMILES string of the molecule is COC1CC2(C)C(=CCC3C2CCC2(C)C3CCC2[C@H](C)CCC(C)(C)O)C[C@H]1O. The molecular weight excluding hydrogens is 372 g/mol. The minimum Gasteiger partial charge on any atom is -0.390 e. The van der Waals surface area contributed by atoms with Crippen LogP contribution in [-0.2, 0) is 4.74 Å². The van der Waals surface area contributed by atoms with E-state index in [1.54, 1.807) is 7.11 Å². The molecule has 2 N–H and O–H groups in total. The molecule has 0 amide bonds. The third-order valence-corrected chi connectivity index (χ3v) is 10.4. The summed E-state index contributed by atoms with van der Waals surface area (Å²) in [6.45, 7) is 11.4. The zero-order valence-corrected chi connectivity index (χ0v) is 20.3.